The van der Waals surface area contributed by atoms with Gasteiger partial charge in [-0.1, -0.05) is 0 Å². The molecule has 0 aromatic heterocycles. The quantitative estimate of drug-likeness (QED) is 0.803. The van der Waals surface area contributed by atoms with Gasteiger partial charge in [0.25, 0.3) is 0 Å². The van der Waals surface area contributed by atoms with E-state index in [1.807, 2.05) is 0 Å². The van der Waals surface area contributed by atoms with Crippen molar-refractivity contribution in [1.82, 2.24) is 4.31 Å². The van der Waals surface area contributed by atoms with Crippen LogP contribution in [0.4, 0.5) is 13.2 Å². The molecule has 1 aromatic rings. The van der Waals surface area contributed by atoms with Crippen molar-refractivity contribution in [3.05, 3.63) is 29.8 Å². The van der Waals surface area contributed by atoms with Crippen molar-refractivity contribution in [2.24, 2.45) is 5.92 Å². The molecular weight excluding hydrogens is 307 g/mol. The number of piperidine rings is 1. The van der Waals surface area contributed by atoms with Gasteiger partial charge in [-0.2, -0.15) is 17.5 Å². The Morgan fingerprint density at radius 3 is 2.05 bits per heavy atom. The Morgan fingerprint density at radius 1 is 1.10 bits per heavy atom. The average Bonchev–Trinajstić information content (AvgIpc) is 2.46. The summed E-state index contributed by atoms with van der Waals surface area (Å²) in [5.74, 6) is -0.149. The van der Waals surface area contributed by atoms with Crippen molar-refractivity contribution < 1.29 is 26.4 Å². The lowest BCUT2D eigenvalue weighted by Gasteiger charge is -2.28. The standard InChI is InChI=1S/C13H14F3NO3S/c14-13(15,16)11-1-3-12(4-2-11)21(19,20)17-7-5-10(9-18)6-8-17/h1-4,9-10H,5-8H2. The van der Waals surface area contributed by atoms with Crippen molar-refractivity contribution >= 4 is 16.3 Å². The van der Waals surface area contributed by atoms with Gasteiger partial charge in [0.15, 0.2) is 0 Å². The summed E-state index contributed by atoms with van der Waals surface area (Å²) in [7, 11) is -3.81. The van der Waals surface area contributed by atoms with Crippen LogP contribution in [-0.4, -0.2) is 32.1 Å². The van der Waals surface area contributed by atoms with Gasteiger partial charge in [-0.3, -0.25) is 0 Å². The summed E-state index contributed by atoms with van der Waals surface area (Å²) in [6.45, 7) is 0.402. The Labute approximate surface area is 120 Å². The fourth-order valence-corrected chi connectivity index (χ4v) is 3.69. The summed E-state index contributed by atoms with van der Waals surface area (Å²) < 4.78 is 63.2. The lowest BCUT2D eigenvalue weighted by atomic mass is 10.0. The molecule has 0 aliphatic carbocycles. The van der Waals surface area contributed by atoms with Gasteiger partial charge in [0.05, 0.1) is 10.5 Å². The van der Waals surface area contributed by atoms with Gasteiger partial charge in [0.2, 0.25) is 10.0 Å². The van der Waals surface area contributed by atoms with E-state index in [9.17, 15) is 26.4 Å². The van der Waals surface area contributed by atoms with Crippen LogP contribution in [-0.2, 0) is 21.0 Å². The third-order valence-corrected chi connectivity index (χ3v) is 5.42. The van der Waals surface area contributed by atoms with Crippen LogP contribution in [0, 0.1) is 5.92 Å². The maximum atomic E-state index is 12.5. The van der Waals surface area contributed by atoms with Crippen LogP contribution < -0.4 is 0 Å². The lowest BCUT2D eigenvalue weighted by Crippen LogP contribution is -2.38. The van der Waals surface area contributed by atoms with E-state index >= 15 is 0 Å². The minimum atomic E-state index is -4.50. The maximum absolute atomic E-state index is 12.5. The van der Waals surface area contributed by atoms with Crippen LogP contribution in [0.5, 0.6) is 0 Å². The second kappa shape index (κ2) is 5.76. The fraction of sp³-hybridized carbons (Fsp3) is 0.462. The maximum Gasteiger partial charge on any atom is 0.416 e. The van der Waals surface area contributed by atoms with Crippen molar-refractivity contribution in [3.63, 3.8) is 0 Å². The number of carbonyl (C=O) groups is 1. The topological polar surface area (TPSA) is 54.5 Å². The minimum absolute atomic E-state index is 0.149. The molecule has 0 amide bonds. The first-order valence-corrected chi connectivity index (χ1v) is 7.82. The second-order valence-corrected chi connectivity index (χ2v) is 6.84. The molecule has 0 N–H and O–H groups in total. The molecule has 1 fully saturated rings. The number of hydrogen-bond acceptors (Lipinski definition) is 3. The first-order valence-electron chi connectivity index (χ1n) is 6.38. The van der Waals surface area contributed by atoms with Gasteiger partial charge in [0.1, 0.15) is 6.29 Å². The lowest BCUT2D eigenvalue weighted by molar-refractivity contribution is -0.137. The molecule has 0 spiro atoms. The molecule has 8 heteroatoms. The summed E-state index contributed by atoms with van der Waals surface area (Å²) >= 11 is 0. The fourth-order valence-electron chi connectivity index (χ4n) is 2.22. The zero-order valence-electron chi connectivity index (χ0n) is 11.0. The second-order valence-electron chi connectivity index (χ2n) is 4.90. The molecular formula is C13H14F3NO3S. The number of alkyl halides is 3. The van der Waals surface area contributed by atoms with E-state index in [1.165, 1.54) is 4.31 Å². The molecule has 21 heavy (non-hydrogen) atoms. The van der Waals surface area contributed by atoms with E-state index in [0.717, 1.165) is 30.6 Å². The molecule has 4 nitrogen and oxygen atoms in total. The molecule has 116 valence electrons. The van der Waals surface area contributed by atoms with Crippen molar-refractivity contribution in [1.29, 1.82) is 0 Å². The molecule has 0 bridgehead atoms. The summed E-state index contributed by atoms with van der Waals surface area (Å²) in [6, 6.07) is 3.43. The third-order valence-electron chi connectivity index (χ3n) is 3.51. The monoisotopic (exact) mass is 321 g/mol. The van der Waals surface area contributed by atoms with Gasteiger partial charge in [0, 0.05) is 19.0 Å². The first-order chi connectivity index (χ1) is 9.75. The SMILES string of the molecule is O=CC1CCN(S(=O)(=O)c2ccc(C(F)(F)F)cc2)CC1. The third kappa shape index (κ3) is 3.44. The van der Waals surface area contributed by atoms with Gasteiger partial charge >= 0.3 is 6.18 Å². The van der Waals surface area contributed by atoms with E-state index in [0.29, 0.717) is 12.8 Å². The molecule has 0 radical (unpaired) electrons. The number of benzene rings is 1. The predicted molar refractivity (Wildman–Crippen MR) is 69.0 cm³/mol. The molecule has 1 heterocycles. The molecule has 1 saturated heterocycles. The van der Waals surface area contributed by atoms with E-state index in [4.69, 9.17) is 0 Å². The van der Waals surface area contributed by atoms with Gasteiger partial charge in [-0.15, -0.1) is 0 Å². The molecule has 1 aliphatic heterocycles. The van der Waals surface area contributed by atoms with E-state index in [1.54, 1.807) is 0 Å². The number of carbonyl (C=O) groups excluding carboxylic acids is 1. The molecule has 0 saturated carbocycles. The summed E-state index contributed by atoms with van der Waals surface area (Å²) in [5.41, 5.74) is -0.888. The highest BCUT2D eigenvalue weighted by Crippen LogP contribution is 2.30. The average molecular weight is 321 g/mol. The van der Waals surface area contributed by atoms with Crippen molar-refractivity contribution in [2.75, 3.05) is 13.1 Å². The van der Waals surface area contributed by atoms with Gasteiger partial charge in [-0.05, 0) is 37.1 Å². The highest BCUT2D eigenvalue weighted by Gasteiger charge is 2.32. The highest BCUT2D eigenvalue weighted by molar-refractivity contribution is 7.89. The van der Waals surface area contributed by atoms with Crippen molar-refractivity contribution in [3.8, 4) is 0 Å². The Kier molecular flexibility index (Phi) is 4.38. The Balaban J connectivity index is 2.18. The predicted octanol–water partition coefficient (Wildman–Crippen LogP) is 2.31. The van der Waals surface area contributed by atoms with Crippen LogP contribution >= 0.6 is 0 Å². The number of hydrogen-bond donors (Lipinski definition) is 0. The largest absolute Gasteiger partial charge is 0.416 e. The Bertz CT molecular complexity index is 603. The number of nitrogens with zero attached hydrogens (tertiary/aromatic N) is 1. The normalized spacial score (nSPS) is 18.6. The summed E-state index contributed by atoms with van der Waals surface area (Å²) in [5, 5.41) is 0. The van der Waals surface area contributed by atoms with E-state index in [2.05, 4.69) is 0 Å². The number of sulfonamides is 1. The summed E-state index contributed by atoms with van der Waals surface area (Å²) in [4.78, 5) is 10.5. The highest BCUT2D eigenvalue weighted by atomic mass is 32.2. The van der Waals surface area contributed by atoms with Crippen LogP contribution in [0.3, 0.4) is 0 Å². The molecule has 2 rings (SSSR count). The Morgan fingerprint density at radius 2 is 1.62 bits per heavy atom. The molecule has 0 unspecified atom stereocenters. The first kappa shape index (κ1) is 16.0. The zero-order valence-corrected chi connectivity index (χ0v) is 11.8. The molecule has 0 atom stereocenters. The molecule has 1 aliphatic rings. The van der Waals surface area contributed by atoms with E-state index < -0.39 is 21.8 Å². The number of aldehydes is 1. The van der Waals surface area contributed by atoms with Crippen LogP contribution in [0.2, 0.25) is 0 Å². The van der Waals surface area contributed by atoms with Crippen molar-refractivity contribution in [2.45, 2.75) is 23.9 Å². The summed E-state index contributed by atoms with van der Waals surface area (Å²) in [6.07, 6.45) is -2.82. The zero-order chi connectivity index (χ0) is 15.7. The minimum Gasteiger partial charge on any atom is -0.303 e. The smallest absolute Gasteiger partial charge is 0.303 e. The van der Waals surface area contributed by atoms with Crippen LogP contribution in [0.1, 0.15) is 18.4 Å². The van der Waals surface area contributed by atoms with Gasteiger partial charge in [-0.25, -0.2) is 8.42 Å². The van der Waals surface area contributed by atoms with Crippen LogP contribution in [0.25, 0.3) is 0 Å². The van der Waals surface area contributed by atoms with E-state index in [-0.39, 0.29) is 23.9 Å². The number of rotatable bonds is 3. The van der Waals surface area contributed by atoms with Crippen LogP contribution in [0.15, 0.2) is 29.2 Å². The number of halogens is 3. The Hall–Kier alpha value is -1.41. The van der Waals surface area contributed by atoms with Gasteiger partial charge < -0.3 is 4.79 Å². The molecule has 1 aromatic carbocycles.